The summed E-state index contributed by atoms with van der Waals surface area (Å²) in [5, 5.41) is 12.2. The van der Waals surface area contributed by atoms with Gasteiger partial charge in [-0.1, -0.05) is 13.8 Å². The van der Waals surface area contributed by atoms with Crippen LogP contribution in [0.2, 0.25) is 0 Å². The number of hydrogen-bond acceptors (Lipinski definition) is 3. The molecule has 0 radical (unpaired) electrons. The lowest BCUT2D eigenvalue weighted by Gasteiger charge is -2.14. The molecule has 0 fully saturated rings. The molecule has 1 rings (SSSR count). The first-order valence-corrected chi connectivity index (χ1v) is 5.58. The van der Waals surface area contributed by atoms with Crippen LogP contribution in [0.5, 0.6) is 0 Å². The van der Waals surface area contributed by atoms with Crippen LogP contribution in [-0.4, -0.2) is 28.6 Å². The molecule has 94 valence electrons. The Labute approximate surface area is 99.9 Å². The predicted octanol–water partition coefficient (Wildman–Crippen LogP) is 1.36. The lowest BCUT2D eigenvalue weighted by Crippen LogP contribution is -2.28. The Morgan fingerprint density at radius 3 is 2.76 bits per heavy atom. The summed E-state index contributed by atoms with van der Waals surface area (Å²) in [5.41, 5.74) is 0.311. The quantitative estimate of drug-likeness (QED) is 0.764. The highest BCUT2D eigenvalue weighted by Gasteiger charge is 2.10. The fourth-order valence-corrected chi connectivity index (χ4v) is 1.28. The molecule has 1 heterocycles. The standard InChI is InChI=1S/C12H17FN2O2/c1-8(2)10(16)5-6-14-12(17)9-3-4-11(13)15-7-9/h3-4,7-8,10,16H,5-6H2,1-2H3,(H,14,17). The van der Waals surface area contributed by atoms with Crippen LogP contribution in [-0.2, 0) is 0 Å². The molecule has 17 heavy (non-hydrogen) atoms. The number of nitrogens with one attached hydrogen (secondary N) is 1. The van der Waals surface area contributed by atoms with Crippen molar-refractivity contribution >= 4 is 5.91 Å². The molecule has 0 saturated carbocycles. The Morgan fingerprint density at radius 1 is 1.53 bits per heavy atom. The first-order valence-electron chi connectivity index (χ1n) is 5.58. The monoisotopic (exact) mass is 240 g/mol. The van der Waals surface area contributed by atoms with E-state index in [0.717, 1.165) is 6.07 Å². The summed E-state index contributed by atoms with van der Waals surface area (Å²) in [4.78, 5) is 14.9. The van der Waals surface area contributed by atoms with Crippen molar-refractivity contribution < 1.29 is 14.3 Å². The summed E-state index contributed by atoms with van der Waals surface area (Å²) in [6.45, 7) is 4.21. The molecule has 0 aliphatic rings. The molecule has 2 N–H and O–H groups in total. The van der Waals surface area contributed by atoms with Gasteiger partial charge >= 0.3 is 0 Å². The third-order valence-corrected chi connectivity index (χ3v) is 2.48. The van der Waals surface area contributed by atoms with E-state index in [9.17, 15) is 14.3 Å². The maximum absolute atomic E-state index is 12.5. The third kappa shape index (κ3) is 4.48. The SMILES string of the molecule is CC(C)C(O)CCNC(=O)c1ccc(F)nc1. The molecule has 0 spiro atoms. The van der Waals surface area contributed by atoms with E-state index in [1.165, 1.54) is 12.3 Å². The first kappa shape index (κ1) is 13.6. The van der Waals surface area contributed by atoms with Crippen molar-refractivity contribution in [3.63, 3.8) is 0 Å². The number of aromatic nitrogens is 1. The van der Waals surface area contributed by atoms with E-state index in [2.05, 4.69) is 10.3 Å². The molecule has 1 unspecified atom stereocenters. The number of aliphatic hydroxyl groups excluding tert-OH is 1. The topological polar surface area (TPSA) is 62.2 Å². The Kier molecular flexibility index (Phi) is 5.03. The van der Waals surface area contributed by atoms with Gasteiger partial charge in [-0.25, -0.2) is 4.98 Å². The van der Waals surface area contributed by atoms with E-state index in [0.29, 0.717) is 18.5 Å². The molecule has 1 amide bonds. The van der Waals surface area contributed by atoms with Gasteiger partial charge in [0.15, 0.2) is 0 Å². The third-order valence-electron chi connectivity index (χ3n) is 2.48. The zero-order valence-corrected chi connectivity index (χ0v) is 9.98. The number of amides is 1. The molecular weight excluding hydrogens is 223 g/mol. The summed E-state index contributed by atoms with van der Waals surface area (Å²) >= 11 is 0. The van der Waals surface area contributed by atoms with Crippen molar-refractivity contribution in [2.75, 3.05) is 6.54 Å². The van der Waals surface area contributed by atoms with Gasteiger partial charge in [-0.2, -0.15) is 4.39 Å². The van der Waals surface area contributed by atoms with Gasteiger partial charge < -0.3 is 10.4 Å². The summed E-state index contributed by atoms with van der Waals surface area (Å²) in [6, 6.07) is 2.51. The highest BCUT2D eigenvalue weighted by Crippen LogP contribution is 2.04. The smallest absolute Gasteiger partial charge is 0.252 e. The van der Waals surface area contributed by atoms with Crippen molar-refractivity contribution in [3.05, 3.63) is 29.8 Å². The van der Waals surface area contributed by atoms with E-state index >= 15 is 0 Å². The zero-order chi connectivity index (χ0) is 12.8. The van der Waals surface area contributed by atoms with E-state index in [1.54, 1.807) is 0 Å². The molecule has 0 aromatic carbocycles. The van der Waals surface area contributed by atoms with Gasteiger partial charge in [0.2, 0.25) is 5.95 Å². The molecular formula is C12H17FN2O2. The molecule has 0 bridgehead atoms. The van der Waals surface area contributed by atoms with Gasteiger partial charge in [-0.3, -0.25) is 4.79 Å². The van der Waals surface area contributed by atoms with Gasteiger partial charge in [-0.15, -0.1) is 0 Å². The summed E-state index contributed by atoms with van der Waals surface area (Å²) in [7, 11) is 0. The van der Waals surface area contributed by atoms with Gasteiger partial charge in [0.25, 0.3) is 5.91 Å². The van der Waals surface area contributed by atoms with Crippen LogP contribution in [0.25, 0.3) is 0 Å². The van der Waals surface area contributed by atoms with Crippen LogP contribution < -0.4 is 5.32 Å². The number of hydrogen-bond donors (Lipinski definition) is 2. The van der Waals surface area contributed by atoms with E-state index in [1.807, 2.05) is 13.8 Å². The van der Waals surface area contributed by atoms with Crippen LogP contribution in [0, 0.1) is 11.9 Å². The minimum atomic E-state index is -0.614. The van der Waals surface area contributed by atoms with E-state index < -0.39 is 12.1 Å². The van der Waals surface area contributed by atoms with Crippen molar-refractivity contribution in [3.8, 4) is 0 Å². The normalized spacial score (nSPS) is 12.5. The number of halogens is 1. The fourth-order valence-electron chi connectivity index (χ4n) is 1.28. The van der Waals surface area contributed by atoms with Gasteiger partial charge in [0, 0.05) is 12.7 Å². The van der Waals surface area contributed by atoms with Crippen LogP contribution in [0.4, 0.5) is 4.39 Å². The fraction of sp³-hybridized carbons (Fsp3) is 0.500. The predicted molar refractivity (Wildman–Crippen MR) is 62.0 cm³/mol. The number of rotatable bonds is 5. The summed E-state index contributed by atoms with van der Waals surface area (Å²) in [6.07, 6.45) is 1.25. The molecule has 1 atom stereocenters. The maximum Gasteiger partial charge on any atom is 0.252 e. The lowest BCUT2D eigenvalue weighted by molar-refractivity contribution is 0.0920. The number of nitrogens with zero attached hydrogens (tertiary/aromatic N) is 1. The zero-order valence-electron chi connectivity index (χ0n) is 9.98. The van der Waals surface area contributed by atoms with Gasteiger partial charge in [-0.05, 0) is 24.5 Å². The van der Waals surface area contributed by atoms with Crippen molar-refractivity contribution in [2.24, 2.45) is 5.92 Å². The maximum atomic E-state index is 12.5. The number of carbonyl (C=O) groups excluding carboxylic acids is 1. The molecule has 5 heteroatoms. The molecule has 0 aliphatic heterocycles. The van der Waals surface area contributed by atoms with Crippen molar-refractivity contribution in [2.45, 2.75) is 26.4 Å². The van der Waals surface area contributed by atoms with Crippen molar-refractivity contribution in [1.82, 2.24) is 10.3 Å². The molecule has 1 aromatic rings. The van der Waals surface area contributed by atoms with E-state index in [-0.39, 0.29) is 11.8 Å². The highest BCUT2D eigenvalue weighted by atomic mass is 19.1. The second-order valence-corrected chi connectivity index (χ2v) is 4.23. The van der Waals surface area contributed by atoms with Gasteiger partial charge in [0.1, 0.15) is 0 Å². The Bertz CT molecular complexity index is 365. The van der Waals surface area contributed by atoms with Crippen LogP contribution in [0.3, 0.4) is 0 Å². The van der Waals surface area contributed by atoms with Crippen LogP contribution >= 0.6 is 0 Å². The number of aliphatic hydroxyl groups is 1. The summed E-state index contributed by atoms with van der Waals surface area (Å²) in [5.74, 6) is -0.760. The Hall–Kier alpha value is -1.49. The van der Waals surface area contributed by atoms with Crippen molar-refractivity contribution in [1.29, 1.82) is 0 Å². The Morgan fingerprint density at radius 2 is 2.24 bits per heavy atom. The molecule has 0 aliphatic carbocycles. The first-order chi connectivity index (χ1) is 8.00. The Balaban J connectivity index is 2.37. The van der Waals surface area contributed by atoms with Crippen LogP contribution in [0.1, 0.15) is 30.6 Å². The highest BCUT2D eigenvalue weighted by molar-refractivity contribution is 5.93. The second kappa shape index (κ2) is 6.30. The number of pyridine rings is 1. The largest absolute Gasteiger partial charge is 0.393 e. The molecule has 0 saturated heterocycles. The average molecular weight is 240 g/mol. The van der Waals surface area contributed by atoms with Gasteiger partial charge in [0.05, 0.1) is 11.7 Å². The van der Waals surface area contributed by atoms with Crippen LogP contribution in [0.15, 0.2) is 18.3 Å². The van der Waals surface area contributed by atoms with E-state index in [4.69, 9.17) is 0 Å². The molecule has 4 nitrogen and oxygen atoms in total. The lowest BCUT2D eigenvalue weighted by atomic mass is 10.0. The average Bonchev–Trinajstić information content (AvgIpc) is 2.29. The molecule has 1 aromatic heterocycles. The number of carbonyl (C=O) groups is 1. The minimum absolute atomic E-state index is 0.166. The minimum Gasteiger partial charge on any atom is -0.393 e. The summed E-state index contributed by atoms with van der Waals surface area (Å²) < 4.78 is 12.5. The second-order valence-electron chi connectivity index (χ2n) is 4.23.